The summed E-state index contributed by atoms with van der Waals surface area (Å²) in [6.07, 6.45) is 2.32. The minimum Gasteiger partial charge on any atom is -0.488 e. The quantitative estimate of drug-likeness (QED) is 0.606. The zero-order valence-corrected chi connectivity index (χ0v) is 12.1. The molecule has 0 amide bonds. The highest BCUT2D eigenvalue weighted by Crippen LogP contribution is 2.25. The zero-order chi connectivity index (χ0) is 14.4. The van der Waals surface area contributed by atoms with E-state index >= 15 is 0 Å². The van der Waals surface area contributed by atoms with Gasteiger partial charge in [0.25, 0.3) is 0 Å². The Morgan fingerprint density at radius 3 is 2.65 bits per heavy atom. The summed E-state index contributed by atoms with van der Waals surface area (Å²) in [6.45, 7) is 0.418. The van der Waals surface area contributed by atoms with Crippen molar-refractivity contribution in [2.24, 2.45) is 0 Å². The lowest BCUT2D eigenvalue weighted by Gasteiger charge is -2.09. The van der Waals surface area contributed by atoms with Crippen molar-refractivity contribution in [3.05, 3.63) is 80.4 Å². The van der Waals surface area contributed by atoms with Gasteiger partial charge in [0.05, 0.1) is 4.92 Å². The average Bonchev–Trinajstić information content (AvgIpc) is 2.45. The molecule has 0 aliphatic rings. The molecule has 2 aromatic rings. The van der Waals surface area contributed by atoms with E-state index in [4.69, 9.17) is 4.74 Å². The van der Waals surface area contributed by atoms with E-state index in [0.29, 0.717) is 17.9 Å². The molecule has 0 saturated carbocycles. The van der Waals surface area contributed by atoms with E-state index in [1.54, 1.807) is 12.1 Å². The summed E-state index contributed by atoms with van der Waals surface area (Å²) < 4.78 is 6.56. The van der Waals surface area contributed by atoms with E-state index in [0.717, 1.165) is 16.2 Å². The van der Waals surface area contributed by atoms with Gasteiger partial charge in [0.15, 0.2) is 0 Å². The Hall–Kier alpha value is -2.14. The number of hydrogen-bond donors (Lipinski definition) is 0. The predicted molar refractivity (Wildman–Crippen MR) is 80.9 cm³/mol. The van der Waals surface area contributed by atoms with Gasteiger partial charge in [-0.25, -0.2) is 0 Å². The van der Waals surface area contributed by atoms with Gasteiger partial charge in [-0.3, -0.25) is 10.1 Å². The van der Waals surface area contributed by atoms with Crippen LogP contribution in [-0.4, -0.2) is 4.92 Å². The zero-order valence-electron chi connectivity index (χ0n) is 10.5. The SMILES string of the molecule is O=[N+]([O-])/C=C/c1cc(Br)ccc1OCc1ccccc1. The monoisotopic (exact) mass is 333 g/mol. The van der Waals surface area contributed by atoms with Gasteiger partial charge in [0.2, 0.25) is 6.20 Å². The molecular formula is C15H12BrNO3. The minimum atomic E-state index is -0.498. The number of ether oxygens (including phenoxy) is 1. The minimum absolute atomic E-state index is 0.418. The van der Waals surface area contributed by atoms with Crippen molar-refractivity contribution in [1.82, 2.24) is 0 Å². The highest BCUT2D eigenvalue weighted by atomic mass is 79.9. The van der Waals surface area contributed by atoms with Crippen LogP contribution in [0.1, 0.15) is 11.1 Å². The van der Waals surface area contributed by atoms with Crippen molar-refractivity contribution in [1.29, 1.82) is 0 Å². The van der Waals surface area contributed by atoms with Crippen LogP contribution in [0, 0.1) is 10.1 Å². The second-order valence-electron chi connectivity index (χ2n) is 4.06. The van der Waals surface area contributed by atoms with Gasteiger partial charge in [-0.05, 0) is 23.8 Å². The molecule has 0 heterocycles. The smallest absolute Gasteiger partial charge is 0.235 e. The van der Waals surface area contributed by atoms with Gasteiger partial charge >= 0.3 is 0 Å². The Kier molecular flexibility index (Phi) is 4.90. The van der Waals surface area contributed by atoms with E-state index in [1.165, 1.54) is 6.08 Å². The van der Waals surface area contributed by atoms with Crippen LogP contribution in [0.5, 0.6) is 5.75 Å². The molecule has 2 rings (SSSR count). The largest absolute Gasteiger partial charge is 0.488 e. The highest BCUT2D eigenvalue weighted by molar-refractivity contribution is 9.10. The fourth-order valence-corrected chi connectivity index (χ4v) is 2.04. The Labute approximate surface area is 125 Å². The van der Waals surface area contributed by atoms with Gasteiger partial charge in [-0.2, -0.15) is 0 Å². The number of hydrogen-bond acceptors (Lipinski definition) is 3. The first-order valence-electron chi connectivity index (χ1n) is 5.93. The molecule has 0 aliphatic heterocycles. The number of nitrogens with zero attached hydrogens (tertiary/aromatic N) is 1. The maximum Gasteiger partial charge on any atom is 0.235 e. The Morgan fingerprint density at radius 1 is 1.20 bits per heavy atom. The van der Waals surface area contributed by atoms with Crippen LogP contribution < -0.4 is 4.74 Å². The summed E-state index contributed by atoms with van der Waals surface area (Å²) in [4.78, 5) is 9.92. The molecule has 0 unspecified atom stereocenters. The third-order valence-corrected chi connectivity index (χ3v) is 3.08. The molecule has 0 atom stereocenters. The van der Waals surface area contributed by atoms with E-state index in [2.05, 4.69) is 15.9 Å². The third kappa shape index (κ3) is 4.20. The van der Waals surface area contributed by atoms with E-state index in [9.17, 15) is 10.1 Å². The maximum atomic E-state index is 10.4. The van der Waals surface area contributed by atoms with Gasteiger partial charge in [0.1, 0.15) is 12.4 Å². The van der Waals surface area contributed by atoms with E-state index in [1.807, 2.05) is 36.4 Å². The highest BCUT2D eigenvalue weighted by Gasteiger charge is 2.04. The molecule has 0 aromatic heterocycles. The van der Waals surface area contributed by atoms with Crippen LogP contribution in [0.25, 0.3) is 6.08 Å². The number of rotatable bonds is 5. The summed E-state index contributed by atoms with van der Waals surface area (Å²) in [5, 5.41) is 10.4. The van der Waals surface area contributed by atoms with Crippen molar-refractivity contribution in [3.63, 3.8) is 0 Å². The van der Waals surface area contributed by atoms with Crippen LogP contribution in [0.15, 0.2) is 59.2 Å². The first-order chi connectivity index (χ1) is 9.65. The fraction of sp³-hybridized carbons (Fsp3) is 0.0667. The van der Waals surface area contributed by atoms with E-state index < -0.39 is 4.92 Å². The van der Waals surface area contributed by atoms with Gasteiger partial charge in [-0.15, -0.1) is 0 Å². The second kappa shape index (κ2) is 6.86. The van der Waals surface area contributed by atoms with Crippen molar-refractivity contribution < 1.29 is 9.66 Å². The first-order valence-corrected chi connectivity index (χ1v) is 6.72. The van der Waals surface area contributed by atoms with Crippen molar-refractivity contribution in [2.45, 2.75) is 6.61 Å². The lowest BCUT2D eigenvalue weighted by Crippen LogP contribution is -1.97. The molecule has 102 valence electrons. The number of halogens is 1. The molecular weight excluding hydrogens is 322 g/mol. The molecule has 0 bridgehead atoms. The summed E-state index contributed by atoms with van der Waals surface area (Å²) in [6, 6.07) is 15.1. The average molecular weight is 334 g/mol. The van der Waals surface area contributed by atoms with Crippen molar-refractivity contribution in [2.75, 3.05) is 0 Å². The summed E-state index contributed by atoms with van der Waals surface area (Å²) in [5.41, 5.74) is 1.70. The summed E-state index contributed by atoms with van der Waals surface area (Å²) in [5.74, 6) is 0.607. The lowest BCUT2D eigenvalue weighted by molar-refractivity contribution is -0.400. The van der Waals surface area contributed by atoms with Crippen LogP contribution in [0.4, 0.5) is 0 Å². The van der Waals surface area contributed by atoms with Gasteiger partial charge in [-0.1, -0.05) is 46.3 Å². The fourth-order valence-electron chi connectivity index (χ4n) is 1.66. The molecule has 0 N–H and O–H groups in total. The van der Waals surface area contributed by atoms with Crippen molar-refractivity contribution in [3.8, 4) is 5.75 Å². The van der Waals surface area contributed by atoms with Gasteiger partial charge < -0.3 is 4.74 Å². The topological polar surface area (TPSA) is 52.4 Å². The Balaban J connectivity index is 2.16. The van der Waals surface area contributed by atoms with E-state index in [-0.39, 0.29) is 0 Å². The molecule has 0 spiro atoms. The summed E-state index contributed by atoms with van der Waals surface area (Å²) in [7, 11) is 0. The molecule has 2 aromatic carbocycles. The van der Waals surface area contributed by atoms with Crippen LogP contribution in [-0.2, 0) is 6.61 Å². The van der Waals surface area contributed by atoms with Crippen LogP contribution in [0.3, 0.4) is 0 Å². The predicted octanol–water partition coefficient (Wildman–Crippen LogP) is 4.28. The standard InChI is InChI=1S/C15H12BrNO3/c16-14-6-7-15(13(10-14)8-9-17(18)19)20-11-12-4-2-1-3-5-12/h1-10H,11H2/b9-8+. The van der Waals surface area contributed by atoms with Crippen LogP contribution >= 0.6 is 15.9 Å². The molecule has 0 aliphatic carbocycles. The number of benzene rings is 2. The Bertz CT molecular complexity index is 626. The molecule has 0 saturated heterocycles. The lowest BCUT2D eigenvalue weighted by atomic mass is 10.2. The molecule has 0 radical (unpaired) electrons. The summed E-state index contributed by atoms with van der Waals surface area (Å²) >= 11 is 3.34. The maximum absolute atomic E-state index is 10.4. The Morgan fingerprint density at radius 2 is 1.95 bits per heavy atom. The normalized spacial score (nSPS) is 10.7. The first kappa shape index (κ1) is 14.3. The second-order valence-corrected chi connectivity index (χ2v) is 4.97. The molecule has 0 fully saturated rings. The molecule has 4 nitrogen and oxygen atoms in total. The third-order valence-electron chi connectivity index (χ3n) is 2.58. The molecule has 20 heavy (non-hydrogen) atoms. The number of nitro groups is 1. The molecule has 5 heteroatoms. The van der Waals surface area contributed by atoms with Gasteiger partial charge in [0, 0.05) is 16.1 Å². The van der Waals surface area contributed by atoms with Crippen molar-refractivity contribution >= 4 is 22.0 Å². The van der Waals surface area contributed by atoms with Crippen LogP contribution in [0.2, 0.25) is 0 Å².